The van der Waals surface area contributed by atoms with Crippen molar-refractivity contribution in [3.63, 3.8) is 0 Å². The predicted octanol–water partition coefficient (Wildman–Crippen LogP) is 2.14. The molecule has 0 atom stereocenters. The van der Waals surface area contributed by atoms with E-state index in [0.717, 1.165) is 6.42 Å². The summed E-state index contributed by atoms with van der Waals surface area (Å²) in [6.45, 7) is 3.91. The van der Waals surface area contributed by atoms with E-state index in [2.05, 4.69) is 10.6 Å². The highest BCUT2D eigenvalue weighted by atomic mass is 19.1. The number of halogens is 1. The summed E-state index contributed by atoms with van der Waals surface area (Å²) in [7, 11) is 0. The highest BCUT2D eigenvalue weighted by molar-refractivity contribution is 5.94. The van der Waals surface area contributed by atoms with E-state index < -0.39 is 5.82 Å². The molecule has 5 nitrogen and oxygen atoms in total. The second kappa shape index (κ2) is 7.77. The lowest BCUT2D eigenvalue weighted by molar-refractivity contribution is 0.0917. The topological polar surface area (TPSA) is 61.4 Å². The molecule has 0 aromatic heterocycles. The first-order valence-electron chi connectivity index (χ1n) is 7.69. The van der Waals surface area contributed by atoms with Crippen LogP contribution in [0, 0.1) is 5.82 Å². The molecule has 1 heterocycles. The van der Waals surface area contributed by atoms with Gasteiger partial charge in [-0.05, 0) is 37.5 Å². The van der Waals surface area contributed by atoms with E-state index in [1.54, 1.807) is 11.0 Å². The summed E-state index contributed by atoms with van der Waals surface area (Å²) in [5.74, 6) is -0.691. The van der Waals surface area contributed by atoms with Crippen molar-refractivity contribution in [1.82, 2.24) is 15.5 Å². The second-order valence-corrected chi connectivity index (χ2v) is 5.48. The standard InChI is InChI=1S/C16H22FN3O2/c1-2-8-18-16(22)20-9-6-14(7-10-20)19-15(21)12-4-3-5-13(17)11-12/h3-5,11,14H,2,6-10H2,1H3,(H,18,22)(H,19,21). The molecule has 1 saturated heterocycles. The molecule has 1 aromatic rings. The van der Waals surface area contributed by atoms with E-state index in [1.807, 2.05) is 6.92 Å². The van der Waals surface area contributed by atoms with Crippen LogP contribution in [0.3, 0.4) is 0 Å². The smallest absolute Gasteiger partial charge is 0.317 e. The third kappa shape index (κ3) is 4.44. The summed E-state index contributed by atoms with van der Waals surface area (Å²) in [4.78, 5) is 25.6. The Morgan fingerprint density at radius 2 is 2.05 bits per heavy atom. The van der Waals surface area contributed by atoms with Crippen LogP contribution in [0.4, 0.5) is 9.18 Å². The second-order valence-electron chi connectivity index (χ2n) is 5.48. The number of carbonyl (C=O) groups excluding carboxylic acids is 2. The summed E-state index contributed by atoms with van der Waals surface area (Å²) in [5.41, 5.74) is 0.322. The van der Waals surface area contributed by atoms with Gasteiger partial charge in [0.2, 0.25) is 0 Å². The van der Waals surface area contributed by atoms with Crippen molar-refractivity contribution in [3.05, 3.63) is 35.6 Å². The summed E-state index contributed by atoms with van der Waals surface area (Å²) in [6, 6.07) is 5.62. The monoisotopic (exact) mass is 307 g/mol. The van der Waals surface area contributed by atoms with Crippen LogP contribution < -0.4 is 10.6 Å². The lowest BCUT2D eigenvalue weighted by Crippen LogP contribution is -2.49. The largest absolute Gasteiger partial charge is 0.349 e. The fraction of sp³-hybridized carbons (Fsp3) is 0.500. The molecular formula is C16H22FN3O2. The predicted molar refractivity (Wildman–Crippen MR) is 82.2 cm³/mol. The Morgan fingerprint density at radius 1 is 1.32 bits per heavy atom. The normalized spacial score (nSPS) is 15.5. The Hall–Kier alpha value is -2.11. The van der Waals surface area contributed by atoms with Crippen molar-refractivity contribution in [2.45, 2.75) is 32.2 Å². The van der Waals surface area contributed by atoms with Crippen LogP contribution in [0.1, 0.15) is 36.5 Å². The van der Waals surface area contributed by atoms with E-state index in [9.17, 15) is 14.0 Å². The van der Waals surface area contributed by atoms with Gasteiger partial charge in [0.25, 0.3) is 5.91 Å². The van der Waals surface area contributed by atoms with E-state index in [-0.39, 0.29) is 18.0 Å². The van der Waals surface area contributed by atoms with Crippen LogP contribution in [0.2, 0.25) is 0 Å². The number of hydrogen-bond acceptors (Lipinski definition) is 2. The van der Waals surface area contributed by atoms with Gasteiger partial charge in [-0.2, -0.15) is 0 Å². The van der Waals surface area contributed by atoms with E-state index in [0.29, 0.717) is 38.0 Å². The maximum absolute atomic E-state index is 13.1. The summed E-state index contributed by atoms with van der Waals surface area (Å²) >= 11 is 0. The summed E-state index contributed by atoms with van der Waals surface area (Å²) < 4.78 is 13.1. The van der Waals surface area contributed by atoms with Gasteiger partial charge in [-0.25, -0.2) is 9.18 Å². The minimum absolute atomic E-state index is 0.0194. The van der Waals surface area contributed by atoms with Crippen molar-refractivity contribution in [1.29, 1.82) is 0 Å². The van der Waals surface area contributed by atoms with Crippen molar-refractivity contribution in [3.8, 4) is 0 Å². The fourth-order valence-electron chi connectivity index (χ4n) is 2.47. The number of nitrogens with zero attached hydrogens (tertiary/aromatic N) is 1. The molecule has 6 heteroatoms. The number of hydrogen-bond donors (Lipinski definition) is 2. The van der Waals surface area contributed by atoms with E-state index in [1.165, 1.54) is 18.2 Å². The molecule has 1 aromatic carbocycles. The van der Waals surface area contributed by atoms with Crippen LogP contribution in [0.25, 0.3) is 0 Å². The van der Waals surface area contributed by atoms with Gasteiger partial charge in [0.05, 0.1) is 0 Å². The highest BCUT2D eigenvalue weighted by Crippen LogP contribution is 2.12. The zero-order valence-corrected chi connectivity index (χ0v) is 12.8. The van der Waals surface area contributed by atoms with Crippen LogP contribution >= 0.6 is 0 Å². The first-order valence-corrected chi connectivity index (χ1v) is 7.69. The molecule has 0 radical (unpaired) electrons. The van der Waals surface area contributed by atoms with Crippen molar-refractivity contribution in [2.75, 3.05) is 19.6 Å². The third-order valence-corrected chi connectivity index (χ3v) is 3.73. The Kier molecular flexibility index (Phi) is 5.75. The third-order valence-electron chi connectivity index (χ3n) is 3.73. The SMILES string of the molecule is CCCNC(=O)N1CCC(NC(=O)c2cccc(F)c2)CC1. The molecule has 0 unspecified atom stereocenters. The lowest BCUT2D eigenvalue weighted by atomic mass is 10.0. The molecular weight excluding hydrogens is 285 g/mol. The Balaban J connectivity index is 1.80. The first-order chi connectivity index (χ1) is 10.6. The van der Waals surface area contributed by atoms with Crippen LogP contribution in [-0.4, -0.2) is 42.5 Å². The maximum atomic E-state index is 13.1. The fourth-order valence-corrected chi connectivity index (χ4v) is 2.47. The average Bonchev–Trinajstić information content (AvgIpc) is 2.53. The Bertz CT molecular complexity index is 528. The number of amides is 3. The number of likely N-dealkylation sites (tertiary alicyclic amines) is 1. The van der Waals surface area contributed by atoms with Crippen molar-refractivity contribution < 1.29 is 14.0 Å². The molecule has 0 bridgehead atoms. The van der Waals surface area contributed by atoms with Gasteiger partial charge in [0.15, 0.2) is 0 Å². The van der Waals surface area contributed by atoms with Gasteiger partial charge in [0.1, 0.15) is 5.82 Å². The molecule has 22 heavy (non-hydrogen) atoms. The number of carbonyl (C=O) groups is 2. The maximum Gasteiger partial charge on any atom is 0.317 e. The molecule has 120 valence electrons. The molecule has 0 spiro atoms. The lowest BCUT2D eigenvalue weighted by Gasteiger charge is -2.32. The van der Waals surface area contributed by atoms with Gasteiger partial charge < -0.3 is 15.5 Å². The van der Waals surface area contributed by atoms with Crippen LogP contribution in [-0.2, 0) is 0 Å². The molecule has 2 N–H and O–H groups in total. The highest BCUT2D eigenvalue weighted by Gasteiger charge is 2.23. The quantitative estimate of drug-likeness (QED) is 0.895. The molecule has 1 aliphatic heterocycles. The van der Waals surface area contributed by atoms with E-state index >= 15 is 0 Å². The first kappa shape index (κ1) is 16.3. The van der Waals surface area contributed by atoms with Gasteiger partial charge in [-0.1, -0.05) is 13.0 Å². The van der Waals surface area contributed by atoms with Crippen LogP contribution in [0.15, 0.2) is 24.3 Å². The summed E-state index contributed by atoms with van der Waals surface area (Å²) in [6.07, 6.45) is 2.33. The van der Waals surface area contributed by atoms with E-state index in [4.69, 9.17) is 0 Å². The minimum atomic E-state index is -0.421. The number of urea groups is 1. The Morgan fingerprint density at radius 3 is 2.68 bits per heavy atom. The Labute approximate surface area is 129 Å². The van der Waals surface area contributed by atoms with Gasteiger partial charge in [-0.3, -0.25) is 4.79 Å². The van der Waals surface area contributed by atoms with Crippen molar-refractivity contribution in [2.24, 2.45) is 0 Å². The zero-order valence-electron chi connectivity index (χ0n) is 12.8. The number of nitrogens with one attached hydrogen (secondary N) is 2. The zero-order chi connectivity index (χ0) is 15.9. The number of benzene rings is 1. The number of rotatable bonds is 4. The molecule has 0 saturated carbocycles. The average molecular weight is 307 g/mol. The summed E-state index contributed by atoms with van der Waals surface area (Å²) in [5, 5.41) is 5.75. The molecule has 1 fully saturated rings. The molecule has 2 rings (SSSR count). The molecule has 1 aliphatic rings. The molecule has 0 aliphatic carbocycles. The van der Waals surface area contributed by atoms with Crippen LogP contribution in [0.5, 0.6) is 0 Å². The minimum Gasteiger partial charge on any atom is -0.349 e. The number of piperidine rings is 1. The van der Waals surface area contributed by atoms with Gasteiger partial charge in [0, 0.05) is 31.2 Å². The van der Waals surface area contributed by atoms with Crippen molar-refractivity contribution >= 4 is 11.9 Å². The van der Waals surface area contributed by atoms with Gasteiger partial charge in [-0.15, -0.1) is 0 Å². The molecule has 3 amide bonds. The van der Waals surface area contributed by atoms with Gasteiger partial charge >= 0.3 is 6.03 Å².